The molecule has 1 aromatic heterocycles. The van der Waals surface area contributed by atoms with E-state index in [1.807, 2.05) is 4.90 Å². The third kappa shape index (κ3) is 4.65. The maximum Gasteiger partial charge on any atom is 0.246 e. The summed E-state index contributed by atoms with van der Waals surface area (Å²) in [6.45, 7) is 13.0. The topological polar surface area (TPSA) is 81.3 Å². The summed E-state index contributed by atoms with van der Waals surface area (Å²) < 4.78 is 0. The van der Waals surface area contributed by atoms with Crippen LogP contribution in [0, 0.1) is 25.7 Å². The van der Waals surface area contributed by atoms with Gasteiger partial charge in [0.25, 0.3) is 0 Å². The molecule has 3 aliphatic rings. The number of hydrogen-bond donors (Lipinski definition) is 2. The minimum Gasteiger partial charge on any atom is -0.342 e. The highest BCUT2D eigenvalue weighted by Crippen LogP contribution is 2.44. The predicted octanol–water partition coefficient (Wildman–Crippen LogP) is 4.27. The summed E-state index contributed by atoms with van der Waals surface area (Å²) in [4.78, 5) is 31.8. The molecule has 7 heteroatoms. The van der Waals surface area contributed by atoms with Gasteiger partial charge in [-0.05, 0) is 64.2 Å². The van der Waals surface area contributed by atoms with Crippen molar-refractivity contribution in [1.29, 1.82) is 0 Å². The van der Waals surface area contributed by atoms with Gasteiger partial charge >= 0.3 is 0 Å². The Morgan fingerprint density at radius 1 is 1.12 bits per heavy atom. The van der Waals surface area contributed by atoms with E-state index in [-0.39, 0.29) is 17.9 Å². The van der Waals surface area contributed by atoms with E-state index in [9.17, 15) is 9.59 Å². The minimum atomic E-state index is -0.697. The van der Waals surface area contributed by atoms with Gasteiger partial charge in [-0.25, -0.2) is 0 Å². The fourth-order valence-corrected chi connectivity index (χ4v) is 6.80. The number of unbranched alkanes of at least 4 members (excludes halogenated alkanes) is 1. The molecule has 190 valence electrons. The molecule has 1 aromatic rings. The van der Waals surface area contributed by atoms with Crippen molar-refractivity contribution in [2.75, 3.05) is 19.6 Å². The number of amides is 2. The summed E-state index contributed by atoms with van der Waals surface area (Å²) >= 11 is 0. The van der Waals surface area contributed by atoms with Crippen LogP contribution in [0.5, 0.6) is 0 Å². The summed E-state index contributed by atoms with van der Waals surface area (Å²) in [5.74, 6) is 1.20. The first-order chi connectivity index (χ1) is 16.3. The van der Waals surface area contributed by atoms with Crippen LogP contribution in [0.15, 0.2) is 0 Å². The van der Waals surface area contributed by atoms with Gasteiger partial charge in [0, 0.05) is 36.9 Å². The number of nitrogens with one attached hydrogen (secondary N) is 2. The van der Waals surface area contributed by atoms with Crippen LogP contribution in [0.3, 0.4) is 0 Å². The molecule has 2 atom stereocenters. The van der Waals surface area contributed by atoms with E-state index < -0.39 is 5.54 Å². The van der Waals surface area contributed by atoms with Crippen molar-refractivity contribution < 1.29 is 9.59 Å². The highest BCUT2D eigenvalue weighted by atomic mass is 16.2. The van der Waals surface area contributed by atoms with Gasteiger partial charge in [0.1, 0.15) is 11.6 Å². The van der Waals surface area contributed by atoms with Crippen LogP contribution in [-0.2, 0) is 9.59 Å². The van der Waals surface area contributed by atoms with Crippen LogP contribution in [0.4, 0.5) is 0 Å². The number of hydrogen-bond acceptors (Lipinski definition) is 4. The monoisotopic (exact) mass is 471 g/mol. The molecule has 3 heterocycles. The first-order valence-corrected chi connectivity index (χ1v) is 13.7. The molecule has 1 aliphatic carbocycles. The highest BCUT2D eigenvalue weighted by Gasteiger charge is 2.54. The molecule has 1 unspecified atom stereocenters. The van der Waals surface area contributed by atoms with Gasteiger partial charge in [-0.15, -0.1) is 0 Å². The second kappa shape index (κ2) is 10.4. The summed E-state index contributed by atoms with van der Waals surface area (Å²) in [5, 5.41) is 10.9. The molecular formula is C27H45N5O2. The van der Waals surface area contributed by atoms with E-state index in [0.29, 0.717) is 43.7 Å². The van der Waals surface area contributed by atoms with Crippen LogP contribution in [0.25, 0.3) is 0 Å². The fraction of sp³-hybridized carbons (Fsp3) is 0.815. The number of aromatic nitrogens is 2. The van der Waals surface area contributed by atoms with E-state index in [2.05, 4.69) is 55.0 Å². The van der Waals surface area contributed by atoms with Crippen molar-refractivity contribution in [2.24, 2.45) is 11.8 Å². The van der Waals surface area contributed by atoms with Gasteiger partial charge in [-0.2, -0.15) is 5.10 Å². The molecule has 2 N–H and O–H groups in total. The van der Waals surface area contributed by atoms with Crippen LogP contribution in [-0.4, -0.2) is 63.0 Å². The normalized spacial score (nSPS) is 24.9. The molecule has 0 bridgehead atoms. The molecule has 0 aromatic carbocycles. The van der Waals surface area contributed by atoms with Gasteiger partial charge in [0.2, 0.25) is 11.8 Å². The smallest absolute Gasteiger partial charge is 0.246 e. The Bertz CT molecular complexity index is 845. The molecule has 34 heavy (non-hydrogen) atoms. The quantitative estimate of drug-likeness (QED) is 0.593. The number of H-pyrrole nitrogens is 1. The van der Waals surface area contributed by atoms with Gasteiger partial charge in [0.05, 0.1) is 5.69 Å². The molecule has 7 nitrogen and oxygen atoms in total. The standard InChI is InChI=1S/C27H45N5O2/c1-6-7-14-32-25(33)22(17-18(2)3)28-26(34)27(32)12-15-31(16-13-27)24(21-10-8-9-11-21)23-19(4)29-30-20(23)5/h18,21-22,24H,6-17H2,1-5H3,(H,28,34)(H,29,30)/t22-,24?/m0/s1. The predicted molar refractivity (Wildman–Crippen MR) is 134 cm³/mol. The number of carbonyl (C=O) groups excluding carboxylic acids is 2. The number of carbonyl (C=O) groups is 2. The Kier molecular flexibility index (Phi) is 7.70. The third-order valence-electron chi connectivity index (χ3n) is 8.60. The number of likely N-dealkylation sites (tertiary alicyclic amines) is 1. The lowest BCUT2D eigenvalue weighted by Crippen LogP contribution is -2.73. The van der Waals surface area contributed by atoms with E-state index in [0.717, 1.165) is 31.6 Å². The van der Waals surface area contributed by atoms with Crippen molar-refractivity contribution in [1.82, 2.24) is 25.3 Å². The largest absolute Gasteiger partial charge is 0.342 e. The average Bonchev–Trinajstić information content (AvgIpc) is 3.45. The zero-order valence-corrected chi connectivity index (χ0v) is 22.0. The molecule has 2 saturated heterocycles. The summed E-state index contributed by atoms with van der Waals surface area (Å²) in [6.07, 6.45) is 9.20. The lowest BCUT2D eigenvalue weighted by atomic mass is 9.79. The zero-order chi connectivity index (χ0) is 24.5. The fourth-order valence-electron chi connectivity index (χ4n) is 6.80. The zero-order valence-electron chi connectivity index (χ0n) is 22.0. The number of aromatic amines is 1. The first-order valence-electron chi connectivity index (χ1n) is 13.7. The first kappa shape index (κ1) is 25.2. The van der Waals surface area contributed by atoms with Gasteiger partial charge in [0.15, 0.2) is 0 Å². The molecule has 0 radical (unpaired) electrons. The molecule has 2 amide bonds. The van der Waals surface area contributed by atoms with Crippen LogP contribution >= 0.6 is 0 Å². The third-order valence-corrected chi connectivity index (χ3v) is 8.60. The molecule has 2 aliphatic heterocycles. The van der Waals surface area contributed by atoms with E-state index in [1.54, 1.807) is 0 Å². The lowest BCUT2D eigenvalue weighted by Gasteiger charge is -2.53. The van der Waals surface area contributed by atoms with Crippen molar-refractivity contribution in [2.45, 2.75) is 110 Å². The number of rotatable bonds is 8. The number of aryl methyl sites for hydroxylation is 2. The average molecular weight is 472 g/mol. The Morgan fingerprint density at radius 2 is 1.79 bits per heavy atom. The molecule has 1 saturated carbocycles. The van der Waals surface area contributed by atoms with Crippen molar-refractivity contribution in [3.8, 4) is 0 Å². The van der Waals surface area contributed by atoms with E-state index >= 15 is 0 Å². The number of piperidine rings is 1. The summed E-state index contributed by atoms with van der Waals surface area (Å²) in [7, 11) is 0. The molecular weight excluding hydrogens is 426 g/mol. The number of nitrogens with zero attached hydrogens (tertiary/aromatic N) is 3. The Balaban J connectivity index is 1.58. The minimum absolute atomic E-state index is 0.0709. The van der Waals surface area contributed by atoms with Crippen LogP contribution < -0.4 is 5.32 Å². The molecule has 3 fully saturated rings. The number of piperazine rings is 1. The van der Waals surface area contributed by atoms with Crippen molar-refractivity contribution >= 4 is 11.8 Å². The van der Waals surface area contributed by atoms with Crippen LogP contribution in [0.2, 0.25) is 0 Å². The van der Waals surface area contributed by atoms with Crippen LogP contribution in [0.1, 0.15) is 102 Å². The van der Waals surface area contributed by atoms with Gasteiger partial charge in [-0.3, -0.25) is 19.6 Å². The van der Waals surface area contributed by atoms with Crippen molar-refractivity contribution in [3.63, 3.8) is 0 Å². The Morgan fingerprint density at radius 3 is 2.35 bits per heavy atom. The maximum absolute atomic E-state index is 13.6. The van der Waals surface area contributed by atoms with Crippen molar-refractivity contribution in [3.05, 3.63) is 17.0 Å². The second-order valence-corrected chi connectivity index (χ2v) is 11.4. The van der Waals surface area contributed by atoms with Gasteiger partial charge < -0.3 is 10.2 Å². The SMILES string of the molecule is CCCCN1C(=O)[C@H](CC(C)C)NC(=O)C12CCN(C(c1c(C)n[nH]c1C)C1CCCC1)CC2. The molecule has 1 spiro atoms. The summed E-state index contributed by atoms with van der Waals surface area (Å²) in [5.41, 5.74) is 2.92. The summed E-state index contributed by atoms with van der Waals surface area (Å²) in [6, 6.07) is -0.0331. The highest BCUT2D eigenvalue weighted by molar-refractivity contribution is 6.00. The van der Waals surface area contributed by atoms with E-state index in [4.69, 9.17) is 0 Å². The van der Waals surface area contributed by atoms with E-state index in [1.165, 1.54) is 36.9 Å². The van der Waals surface area contributed by atoms with Gasteiger partial charge in [-0.1, -0.05) is 40.0 Å². The Labute approximate surface area is 205 Å². The Hall–Kier alpha value is -1.89. The lowest BCUT2D eigenvalue weighted by molar-refractivity contribution is -0.162. The second-order valence-electron chi connectivity index (χ2n) is 11.4. The molecule has 4 rings (SSSR count). The maximum atomic E-state index is 13.6.